The minimum Gasteiger partial charge on any atom is -0.389 e. The zero-order chi connectivity index (χ0) is 27.6. The van der Waals surface area contributed by atoms with Gasteiger partial charge in [-0.25, -0.2) is 4.79 Å². The lowest BCUT2D eigenvalue weighted by Crippen LogP contribution is -2.48. The minimum atomic E-state index is -0.556. The fourth-order valence-electron chi connectivity index (χ4n) is 5.55. The molecule has 210 valence electrons. The minimum absolute atomic E-state index is 0.159. The van der Waals surface area contributed by atoms with Gasteiger partial charge in [0.1, 0.15) is 0 Å². The fourth-order valence-corrected chi connectivity index (χ4v) is 5.55. The highest BCUT2D eigenvalue weighted by Crippen LogP contribution is 2.34. The molecule has 3 N–H and O–H groups in total. The molecule has 2 amide bonds. The molecule has 3 fully saturated rings. The van der Waals surface area contributed by atoms with Crippen molar-refractivity contribution in [3.05, 3.63) is 54.1 Å². The molecule has 1 aromatic heterocycles. The van der Waals surface area contributed by atoms with Crippen LogP contribution in [0.5, 0.6) is 0 Å². The Morgan fingerprint density at radius 1 is 0.900 bits per heavy atom. The summed E-state index contributed by atoms with van der Waals surface area (Å²) in [6, 6.07) is 14.9. The number of hydrogen-bond donors (Lipinski definition) is 3. The first-order chi connectivity index (χ1) is 19.4. The van der Waals surface area contributed by atoms with E-state index in [1.54, 1.807) is 31.2 Å². The Morgan fingerprint density at radius 2 is 1.52 bits per heavy atom. The number of anilines is 4. The van der Waals surface area contributed by atoms with Gasteiger partial charge in [-0.1, -0.05) is 12.1 Å². The SMILES string of the molecule is CC(O)c1ccc(NC(=O)Nc2ccc(-c3nc(N4CCOCC4C)nc(N4C5CCC4COC5)n3)cc2)cc1. The molecule has 3 aliphatic rings. The molecule has 4 unspecified atom stereocenters. The highest BCUT2D eigenvalue weighted by atomic mass is 16.5. The number of amides is 2. The summed E-state index contributed by atoms with van der Waals surface area (Å²) in [5.41, 5.74) is 2.91. The Hall–Kier alpha value is -3.80. The summed E-state index contributed by atoms with van der Waals surface area (Å²) in [6.45, 7) is 7.19. The van der Waals surface area contributed by atoms with Crippen LogP contribution >= 0.6 is 0 Å². The van der Waals surface area contributed by atoms with E-state index in [-0.39, 0.29) is 24.2 Å². The smallest absolute Gasteiger partial charge is 0.323 e. The number of carbonyl (C=O) groups is 1. The molecule has 3 saturated heterocycles. The first-order valence-electron chi connectivity index (χ1n) is 13.9. The van der Waals surface area contributed by atoms with Crippen LogP contribution in [0.3, 0.4) is 0 Å². The number of aromatic nitrogens is 3. The van der Waals surface area contributed by atoms with Gasteiger partial charge in [-0.05, 0) is 68.7 Å². The standard InChI is InChI=1S/C29H35N7O4/c1-18-15-39-14-13-35(18)27-32-26(33-28(34-27)36-24-11-12-25(36)17-40-16-24)21-5-9-23(10-6-21)31-29(38)30-22-7-3-20(4-8-22)19(2)37/h3-10,18-19,24-25,37H,11-17H2,1-2H3,(H2,30,31,38). The van der Waals surface area contributed by atoms with Crippen LogP contribution in [0.25, 0.3) is 11.4 Å². The van der Waals surface area contributed by atoms with Crippen LogP contribution < -0.4 is 20.4 Å². The van der Waals surface area contributed by atoms with Crippen LogP contribution in [0.15, 0.2) is 48.5 Å². The Bertz CT molecular complexity index is 1320. The van der Waals surface area contributed by atoms with Crippen LogP contribution in [0.4, 0.5) is 28.1 Å². The molecular formula is C29H35N7O4. The van der Waals surface area contributed by atoms with Crippen molar-refractivity contribution in [3.63, 3.8) is 0 Å². The largest absolute Gasteiger partial charge is 0.389 e. The average molecular weight is 546 g/mol. The summed E-state index contributed by atoms with van der Waals surface area (Å²) >= 11 is 0. The van der Waals surface area contributed by atoms with Gasteiger partial charge >= 0.3 is 6.03 Å². The maximum absolute atomic E-state index is 12.6. The van der Waals surface area contributed by atoms with Crippen molar-refractivity contribution in [1.82, 2.24) is 15.0 Å². The molecule has 40 heavy (non-hydrogen) atoms. The van der Waals surface area contributed by atoms with Gasteiger partial charge in [0.15, 0.2) is 5.82 Å². The number of aliphatic hydroxyl groups is 1. The molecular weight excluding hydrogens is 510 g/mol. The quantitative estimate of drug-likeness (QED) is 0.424. The molecule has 6 rings (SSSR count). The van der Waals surface area contributed by atoms with Crippen molar-refractivity contribution in [1.29, 1.82) is 0 Å². The monoisotopic (exact) mass is 545 g/mol. The molecule has 11 heteroatoms. The molecule has 3 aromatic rings. The second-order valence-corrected chi connectivity index (χ2v) is 10.7. The van der Waals surface area contributed by atoms with Gasteiger partial charge in [0.05, 0.1) is 50.7 Å². The summed E-state index contributed by atoms with van der Waals surface area (Å²) in [4.78, 5) is 31.8. The van der Waals surface area contributed by atoms with Crippen LogP contribution in [0, 0.1) is 0 Å². The second kappa shape index (κ2) is 11.4. The normalized spacial score (nSPS) is 23.1. The van der Waals surface area contributed by atoms with E-state index in [0.29, 0.717) is 55.5 Å². The van der Waals surface area contributed by atoms with Gasteiger partial charge < -0.3 is 35.0 Å². The predicted molar refractivity (Wildman–Crippen MR) is 153 cm³/mol. The summed E-state index contributed by atoms with van der Waals surface area (Å²) in [7, 11) is 0. The molecule has 0 aliphatic carbocycles. The summed E-state index contributed by atoms with van der Waals surface area (Å²) in [6.07, 6.45) is 1.59. The zero-order valence-electron chi connectivity index (χ0n) is 22.8. The van der Waals surface area contributed by atoms with Crippen LogP contribution in [0.1, 0.15) is 38.4 Å². The number of ether oxygens (including phenoxy) is 2. The van der Waals surface area contributed by atoms with E-state index in [1.807, 2.05) is 24.3 Å². The van der Waals surface area contributed by atoms with E-state index in [0.717, 1.165) is 30.5 Å². The van der Waals surface area contributed by atoms with Crippen molar-refractivity contribution in [3.8, 4) is 11.4 Å². The predicted octanol–water partition coefficient (Wildman–Crippen LogP) is 3.83. The number of fused-ring (bicyclic) bond motifs is 2. The summed E-state index contributed by atoms with van der Waals surface area (Å²) < 4.78 is 11.4. The number of rotatable bonds is 6. The third-order valence-corrected chi connectivity index (χ3v) is 7.76. The van der Waals surface area contributed by atoms with E-state index < -0.39 is 6.10 Å². The molecule has 0 saturated carbocycles. The van der Waals surface area contributed by atoms with E-state index in [9.17, 15) is 9.90 Å². The van der Waals surface area contributed by atoms with Gasteiger partial charge in [-0.2, -0.15) is 15.0 Å². The highest BCUT2D eigenvalue weighted by molar-refractivity contribution is 5.99. The molecule has 0 spiro atoms. The first-order valence-corrected chi connectivity index (χ1v) is 13.9. The van der Waals surface area contributed by atoms with Gasteiger partial charge in [-0.3, -0.25) is 0 Å². The van der Waals surface area contributed by atoms with Gasteiger partial charge in [0.2, 0.25) is 11.9 Å². The fraction of sp³-hybridized carbons (Fsp3) is 0.448. The lowest BCUT2D eigenvalue weighted by Gasteiger charge is -2.36. The lowest BCUT2D eigenvalue weighted by molar-refractivity contribution is 0.0895. The van der Waals surface area contributed by atoms with Crippen LogP contribution in [-0.2, 0) is 9.47 Å². The maximum Gasteiger partial charge on any atom is 0.323 e. The second-order valence-electron chi connectivity index (χ2n) is 10.7. The number of morpholine rings is 2. The van der Waals surface area contributed by atoms with Crippen molar-refractivity contribution in [2.45, 2.75) is 50.9 Å². The highest BCUT2D eigenvalue weighted by Gasteiger charge is 2.39. The first kappa shape index (κ1) is 26.4. The van der Waals surface area contributed by atoms with E-state index in [2.05, 4.69) is 27.4 Å². The molecule has 3 aliphatic heterocycles. The Kier molecular flexibility index (Phi) is 7.50. The number of hydrogen-bond acceptors (Lipinski definition) is 9. The Labute approximate surface area is 233 Å². The topological polar surface area (TPSA) is 125 Å². The van der Waals surface area contributed by atoms with Gasteiger partial charge in [0, 0.05) is 23.5 Å². The van der Waals surface area contributed by atoms with Crippen molar-refractivity contribution in [2.24, 2.45) is 0 Å². The number of nitrogens with one attached hydrogen (secondary N) is 2. The van der Waals surface area contributed by atoms with Crippen molar-refractivity contribution < 1.29 is 19.4 Å². The number of carbonyl (C=O) groups excluding carboxylic acids is 1. The lowest BCUT2D eigenvalue weighted by atomic mass is 10.1. The molecule has 4 heterocycles. The van der Waals surface area contributed by atoms with Crippen molar-refractivity contribution in [2.75, 3.05) is 53.4 Å². The van der Waals surface area contributed by atoms with Crippen molar-refractivity contribution >= 4 is 29.3 Å². The molecule has 2 aromatic carbocycles. The zero-order valence-corrected chi connectivity index (χ0v) is 22.8. The number of aliphatic hydroxyl groups excluding tert-OH is 1. The molecule has 0 radical (unpaired) electrons. The Balaban J connectivity index is 1.22. The van der Waals surface area contributed by atoms with E-state index >= 15 is 0 Å². The Morgan fingerprint density at radius 3 is 2.15 bits per heavy atom. The van der Waals surface area contributed by atoms with Crippen LogP contribution in [0.2, 0.25) is 0 Å². The van der Waals surface area contributed by atoms with Crippen LogP contribution in [-0.4, -0.2) is 77.2 Å². The number of urea groups is 1. The third-order valence-electron chi connectivity index (χ3n) is 7.76. The van der Waals surface area contributed by atoms with Gasteiger partial charge in [0.25, 0.3) is 0 Å². The van der Waals surface area contributed by atoms with Gasteiger partial charge in [-0.15, -0.1) is 0 Å². The number of benzene rings is 2. The number of nitrogens with zero attached hydrogens (tertiary/aromatic N) is 5. The van der Waals surface area contributed by atoms with E-state index in [4.69, 9.17) is 24.4 Å². The molecule has 2 bridgehead atoms. The molecule has 11 nitrogen and oxygen atoms in total. The summed E-state index contributed by atoms with van der Waals surface area (Å²) in [5.74, 6) is 1.95. The average Bonchev–Trinajstić information content (AvgIpc) is 3.21. The molecule has 4 atom stereocenters. The third kappa shape index (κ3) is 5.58. The summed E-state index contributed by atoms with van der Waals surface area (Å²) in [5, 5.41) is 15.3. The maximum atomic E-state index is 12.6. The van der Waals surface area contributed by atoms with E-state index in [1.165, 1.54) is 0 Å².